The highest BCUT2D eigenvalue weighted by molar-refractivity contribution is 6.32. The summed E-state index contributed by atoms with van der Waals surface area (Å²) < 4.78 is 0. The quantitative estimate of drug-likeness (QED) is 0.435. The van der Waals surface area contributed by atoms with Crippen LogP contribution in [-0.2, 0) is 4.84 Å². The van der Waals surface area contributed by atoms with E-state index in [1.807, 2.05) is 6.92 Å². The minimum atomic E-state index is 0.249. The third-order valence-corrected chi connectivity index (χ3v) is 6.22. The monoisotopic (exact) mass is 377 g/mol. The molecule has 1 aliphatic carbocycles. The van der Waals surface area contributed by atoms with Gasteiger partial charge in [-0.25, -0.2) is 0 Å². The maximum atomic E-state index is 10.8. The lowest BCUT2D eigenvalue weighted by atomic mass is 9.78. The van der Waals surface area contributed by atoms with Crippen LogP contribution in [0.3, 0.4) is 0 Å². The van der Waals surface area contributed by atoms with E-state index in [-0.39, 0.29) is 5.92 Å². The van der Waals surface area contributed by atoms with Gasteiger partial charge < -0.3 is 9.94 Å². The Bertz CT molecular complexity index is 705. The van der Waals surface area contributed by atoms with Crippen molar-refractivity contribution in [2.24, 2.45) is 5.16 Å². The Labute approximate surface area is 163 Å². The molecule has 0 amide bonds. The number of allylic oxidation sites excluding steroid dienone is 2. The Hall–Kier alpha value is -1.48. The zero-order chi connectivity index (χ0) is 19.4. The van der Waals surface area contributed by atoms with Crippen molar-refractivity contribution in [3.05, 3.63) is 44.2 Å². The van der Waals surface area contributed by atoms with Crippen molar-refractivity contribution in [3.8, 4) is 0 Å². The summed E-state index contributed by atoms with van der Waals surface area (Å²) in [5.74, 6) is 0.693. The third kappa shape index (κ3) is 4.09. The number of aliphatic hydroxyl groups excluding tert-OH is 1. The van der Waals surface area contributed by atoms with E-state index in [0.29, 0.717) is 18.8 Å². The topological polar surface area (TPSA) is 41.8 Å². The second kappa shape index (κ2) is 8.94. The number of hydrogen-bond acceptors (Lipinski definition) is 3. The van der Waals surface area contributed by atoms with Crippen LogP contribution in [0.1, 0.15) is 79.7 Å². The Balaban J connectivity index is 2.38. The Morgan fingerprint density at radius 3 is 2.35 bits per heavy atom. The van der Waals surface area contributed by atoms with Crippen LogP contribution >= 0.6 is 11.6 Å². The van der Waals surface area contributed by atoms with E-state index in [2.05, 4.69) is 39.8 Å². The van der Waals surface area contributed by atoms with E-state index in [4.69, 9.17) is 16.4 Å². The molecular formula is C22H32ClNO2. The molecule has 0 aliphatic heterocycles. The second-order valence-corrected chi connectivity index (χ2v) is 7.68. The van der Waals surface area contributed by atoms with Crippen molar-refractivity contribution < 1.29 is 9.94 Å². The number of aliphatic hydroxyl groups is 1. The Morgan fingerprint density at radius 2 is 1.77 bits per heavy atom. The van der Waals surface area contributed by atoms with Crippen LogP contribution in [0.2, 0.25) is 5.02 Å². The molecular weight excluding hydrogens is 346 g/mol. The van der Waals surface area contributed by atoms with Crippen molar-refractivity contribution in [3.63, 3.8) is 0 Å². The second-order valence-electron chi connectivity index (χ2n) is 7.30. The molecule has 1 N–H and O–H groups in total. The highest BCUT2D eigenvalue weighted by Gasteiger charge is 2.28. The van der Waals surface area contributed by atoms with Crippen molar-refractivity contribution in [1.82, 2.24) is 0 Å². The van der Waals surface area contributed by atoms with Crippen molar-refractivity contribution in [2.75, 3.05) is 6.61 Å². The molecule has 144 valence electrons. The summed E-state index contributed by atoms with van der Waals surface area (Å²) in [5.41, 5.74) is 8.05. The molecule has 0 saturated carbocycles. The fraction of sp³-hybridized carbons (Fsp3) is 0.591. The zero-order valence-electron chi connectivity index (χ0n) is 17.0. The van der Waals surface area contributed by atoms with Crippen molar-refractivity contribution in [2.45, 2.75) is 79.6 Å². The summed E-state index contributed by atoms with van der Waals surface area (Å²) in [6.07, 6.45) is 4.20. The van der Waals surface area contributed by atoms with E-state index in [1.165, 1.54) is 22.3 Å². The van der Waals surface area contributed by atoms with E-state index >= 15 is 0 Å². The van der Waals surface area contributed by atoms with Crippen LogP contribution in [0.25, 0.3) is 0 Å². The molecule has 0 bridgehead atoms. The minimum Gasteiger partial charge on any atom is -0.512 e. The first-order chi connectivity index (χ1) is 12.3. The molecule has 1 atom stereocenters. The molecule has 3 nitrogen and oxygen atoms in total. The lowest BCUT2D eigenvalue weighted by Crippen LogP contribution is -2.17. The molecule has 0 saturated heterocycles. The summed E-state index contributed by atoms with van der Waals surface area (Å²) in [6.45, 7) is 13.1. The molecule has 0 heterocycles. The number of hydrogen-bond donors (Lipinski definition) is 1. The number of benzene rings is 1. The van der Waals surface area contributed by atoms with Gasteiger partial charge in [0.05, 0.1) is 11.5 Å². The third-order valence-electron chi connectivity index (χ3n) is 5.74. The van der Waals surface area contributed by atoms with Crippen LogP contribution in [0, 0.1) is 27.7 Å². The fourth-order valence-electron chi connectivity index (χ4n) is 3.89. The molecule has 1 unspecified atom stereocenters. The Kier molecular flexibility index (Phi) is 7.16. The first-order valence-corrected chi connectivity index (χ1v) is 10.1. The first-order valence-electron chi connectivity index (χ1n) is 9.69. The maximum Gasteiger partial charge on any atom is 0.114 e. The lowest BCUT2D eigenvalue weighted by molar-refractivity contribution is 0.158. The average Bonchev–Trinajstić information content (AvgIpc) is 2.62. The van der Waals surface area contributed by atoms with Gasteiger partial charge in [0.25, 0.3) is 0 Å². The van der Waals surface area contributed by atoms with Gasteiger partial charge in [0, 0.05) is 17.0 Å². The highest BCUT2D eigenvalue weighted by atomic mass is 35.5. The van der Waals surface area contributed by atoms with Crippen molar-refractivity contribution in [1.29, 1.82) is 0 Å². The molecule has 0 aromatic heterocycles. The molecule has 2 rings (SSSR count). The average molecular weight is 378 g/mol. The van der Waals surface area contributed by atoms with Crippen LogP contribution < -0.4 is 0 Å². The summed E-state index contributed by atoms with van der Waals surface area (Å²) in [7, 11) is 0. The summed E-state index contributed by atoms with van der Waals surface area (Å²) >= 11 is 6.73. The highest BCUT2D eigenvalue weighted by Crippen LogP contribution is 2.43. The number of oxime groups is 1. The Morgan fingerprint density at radius 1 is 1.12 bits per heavy atom. The van der Waals surface area contributed by atoms with Crippen LogP contribution in [-0.4, -0.2) is 17.4 Å². The van der Waals surface area contributed by atoms with E-state index in [0.717, 1.165) is 47.6 Å². The van der Waals surface area contributed by atoms with Crippen LogP contribution in [0.4, 0.5) is 0 Å². The fourth-order valence-corrected chi connectivity index (χ4v) is 4.33. The van der Waals surface area contributed by atoms with Gasteiger partial charge in [-0.15, -0.1) is 0 Å². The van der Waals surface area contributed by atoms with Gasteiger partial charge in [0.1, 0.15) is 6.61 Å². The lowest BCUT2D eigenvalue weighted by Gasteiger charge is -2.29. The van der Waals surface area contributed by atoms with Gasteiger partial charge in [0.15, 0.2) is 0 Å². The standard InChI is InChI=1S/C22H32ClNO2/c1-7-9-19(24-26-8-2)18-11-10-17(12-20(18)25)21-15(5)13(3)14(4)16(6)22(21)23/h17,25H,7-12H2,1-6H3. The van der Waals surface area contributed by atoms with E-state index in [1.54, 1.807) is 0 Å². The van der Waals surface area contributed by atoms with E-state index < -0.39 is 0 Å². The molecule has 1 aliphatic rings. The summed E-state index contributed by atoms with van der Waals surface area (Å²) in [6, 6.07) is 0. The number of nitrogens with zero attached hydrogens (tertiary/aromatic N) is 1. The van der Waals surface area contributed by atoms with Gasteiger partial charge in [-0.3, -0.25) is 0 Å². The molecule has 1 aromatic carbocycles. The molecule has 1 aromatic rings. The number of rotatable bonds is 6. The van der Waals surface area contributed by atoms with Gasteiger partial charge in [-0.05, 0) is 87.6 Å². The summed E-state index contributed by atoms with van der Waals surface area (Å²) in [4.78, 5) is 5.27. The molecule has 0 fully saturated rings. The molecule has 4 heteroatoms. The molecule has 26 heavy (non-hydrogen) atoms. The predicted octanol–water partition coefficient (Wildman–Crippen LogP) is 6.85. The van der Waals surface area contributed by atoms with Crippen LogP contribution in [0.5, 0.6) is 0 Å². The first kappa shape index (κ1) is 20.8. The SMILES string of the molecule is CCCC(=NOCC)C1=C(O)CC(c2c(C)c(C)c(C)c(C)c2Cl)CC1. The van der Waals surface area contributed by atoms with Crippen LogP contribution in [0.15, 0.2) is 16.5 Å². The molecule has 0 radical (unpaired) electrons. The van der Waals surface area contributed by atoms with E-state index in [9.17, 15) is 5.11 Å². The van der Waals surface area contributed by atoms with Gasteiger partial charge >= 0.3 is 0 Å². The van der Waals surface area contributed by atoms with Gasteiger partial charge in [-0.1, -0.05) is 30.1 Å². The minimum absolute atomic E-state index is 0.249. The van der Waals surface area contributed by atoms with Crippen molar-refractivity contribution >= 4 is 17.3 Å². The smallest absolute Gasteiger partial charge is 0.114 e. The molecule has 0 spiro atoms. The largest absolute Gasteiger partial charge is 0.512 e. The summed E-state index contributed by atoms with van der Waals surface area (Å²) in [5, 5.41) is 15.9. The number of halogens is 1. The maximum absolute atomic E-state index is 10.8. The normalized spacial score (nSPS) is 18.4. The van der Waals surface area contributed by atoms with Gasteiger partial charge in [0.2, 0.25) is 0 Å². The predicted molar refractivity (Wildman–Crippen MR) is 111 cm³/mol. The zero-order valence-corrected chi connectivity index (χ0v) is 17.8. The van der Waals surface area contributed by atoms with Gasteiger partial charge in [-0.2, -0.15) is 0 Å².